The number of nitro groups is 1. The van der Waals surface area contributed by atoms with Gasteiger partial charge in [-0.2, -0.15) is 0 Å². The van der Waals surface area contributed by atoms with Crippen LogP contribution in [0, 0.1) is 10.1 Å². The molecule has 5 nitrogen and oxygen atoms in total. The standard InChI is InChI=1S/C17H18N2O3/c1-12-9-13-5-2-3-8-16(13)18(12)11-17(20)14-6-4-7-15(10-14)19(21)22/h2-8,10,12,17,20H,9,11H2,1H3. The van der Waals surface area contributed by atoms with Crippen LogP contribution in [-0.2, 0) is 6.42 Å². The van der Waals surface area contributed by atoms with Crippen molar-refractivity contribution in [2.75, 3.05) is 11.4 Å². The summed E-state index contributed by atoms with van der Waals surface area (Å²) in [5.74, 6) is 0. The molecular weight excluding hydrogens is 280 g/mol. The van der Waals surface area contributed by atoms with Crippen molar-refractivity contribution in [3.8, 4) is 0 Å². The number of hydrogen-bond donors (Lipinski definition) is 1. The Morgan fingerprint density at radius 1 is 1.32 bits per heavy atom. The minimum atomic E-state index is -0.756. The van der Waals surface area contributed by atoms with Crippen LogP contribution >= 0.6 is 0 Å². The molecule has 0 aromatic heterocycles. The van der Waals surface area contributed by atoms with E-state index in [2.05, 4.69) is 24.0 Å². The van der Waals surface area contributed by atoms with Crippen molar-refractivity contribution in [1.82, 2.24) is 0 Å². The van der Waals surface area contributed by atoms with E-state index in [4.69, 9.17) is 0 Å². The smallest absolute Gasteiger partial charge is 0.269 e. The highest BCUT2D eigenvalue weighted by Crippen LogP contribution is 2.33. The lowest BCUT2D eigenvalue weighted by Gasteiger charge is -2.27. The molecule has 0 spiro atoms. The van der Waals surface area contributed by atoms with Gasteiger partial charge in [0.2, 0.25) is 0 Å². The lowest BCUT2D eigenvalue weighted by molar-refractivity contribution is -0.385. The summed E-state index contributed by atoms with van der Waals surface area (Å²) < 4.78 is 0. The van der Waals surface area contributed by atoms with E-state index in [1.807, 2.05) is 12.1 Å². The minimum Gasteiger partial charge on any atom is -0.387 e. The zero-order valence-electron chi connectivity index (χ0n) is 12.3. The molecule has 5 heteroatoms. The van der Waals surface area contributed by atoms with Gasteiger partial charge in [0, 0.05) is 30.4 Å². The number of anilines is 1. The SMILES string of the molecule is CC1Cc2ccccc2N1CC(O)c1cccc([N+](=O)[O-])c1. The Hall–Kier alpha value is -2.40. The fourth-order valence-electron chi connectivity index (χ4n) is 3.05. The first-order valence-corrected chi connectivity index (χ1v) is 7.33. The van der Waals surface area contributed by atoms with Crippen LogP contribution in [0.2, 0.25) is 0 Å². The highest BCUT2D eigenvalue weighted by atomic mass is 16.6. The molecule has 0 bridgehead atoms. The van der Waals surface area contributed by atoms with Crippen molar-refractivity contribution in [2.45, 2.75) is 25.5 Å². The van der Waals surface area contributed by atoms with Crippen LogP contribution < -0.4 is 4.90 Å². The number of aliphatic hydroxyl groups is 1. The molecule has 0 radical (unpaired) electrons. The molecule has 3 rings (SSSR count). The van der Waals surface area contributed by atoms with Gasteiger partial charge in [0.15, 0.2) is 0 Å². The molecule has 2 aromatic carbocycles. The summed E-state index contributed by atoms with van der Waals surface area (Å²) in [5.41, 5.74) is 3.00. The Morgan fingerprint density at radius 2 is 2.09 bits per heavy atom. The Morgan fingerprint density at radius 3 is 2.86 bits per heavy atom. The zero-order chi connectivity index (χ0) is 15.7. The molecule has 1 heterocycles. The molecule has 1 aliphatic heterocycles. The number of benzene rings is 2. The van der Waals surface area contributed by atoms with Crippen molar-refractivity contribution in [3.05, 3.63) is 69.8 Å². The van der Waals surface area contributed by atoms with Gasteiger partial charge in [-0.25, -0.2) is 0 Å². The number of rotatable bonds is 4. The van der Waals surface area contributed by atoms with Gasteiger partial charge in [0.25, 0.3) is 5.69 Å². The quantitative estimate of drug-likeness (QED) is 0.696. The maximum absolute atomic E-state index is 10.8. The normalized spacial score (nSPS) is 18.1. The first kappa shape index (κ1) is 14.5. The first-order valence-electron chi connectivity index (χ1n) is 7.33. The Labute approximate surface area is 129 Å². The van der Waals surface area contributed by atoms with Gasteiger partial charge in [-0.1, -0.05) is 30.3 Å². The van der Waals surface area contributed by atoms with Gasteiger partial charge in [0.1, 0.15) is 0 Å². The van der Waals surface area contributed by atoms with Gasteiger partial charge < -0.3 is 10.0 Å². The fourth-order valence-corrected chi connectivity index (χ4v) is 3.05. The minimum absolute atomic E-state index is 0.00594. The Kier molecular flexibility index (Phi) is 3.81. The molecule has 1 N–H and O–H groups in total. The van der Waals surface area contributed by atoms with Crippen molar-refractivity contribution >= 4 is 11.4 Å². The number of fused-ring (bicyclic) bond motifs is 1. The predicted octanol–water partition coefficient (Wildman–Crippen LogP) is 3.08. The summed E-state index contributed by atoms with van der Waals surface area (Å²) >= 11 is 0. The molecule has 0 saturated heterocycles. The van der Waals surface area contributed by atoms with Crippen LogP contribution in [0.1, 0.15) is 24.2 Å². The topological polar surface area (TPSA) is 66.6 Å². The van der Waals surface area contributed by atoms with E-state index in [1.54, 1.807) is 12.1 Å². The molecule has 2 aromatic rings. The van der Waals surface area contributed by atoms with E-state index in [-0.39, 0.29) is 5.69 Å². The summed E-state index contributed by atoms with van der Waals surface area (Å²) in [7, 11) is 0. The molecule has 0 aliphatic carbocycles. The summed E-state index contributed by atoms with van der Waals surface area (Å²) in [6.45, 7) is 2.56. The number of nitrogens with zero attached hydrogens (tertiary/aromatic N) is 2. The number of β-amino-alcohol motifs (C(OH)–C–C–N with tert-alkyl or cyclic N) is 1. The van der Waals surface area contributed by atoms with Crippen LogP contribution in [0.5, 0.6) is 0 Å². The number of non-ortho nitro benzene ring substituents is 1. The lowest BCUT2D eigenvalue weighted by Crippen LogP contribution is -2.33. The highest BCUT2D eigenvalue weighted by Gasteiger charge is 2.27. The largest absolute Gasteiger partial charge is 0.387 e. The average molecular weight is 298 g/mol. The molecule has 22 heavy (non-hydrogen) atoms. The third-order valence-corrected chi connectivity index (χ3v) is 4.18. The second kappa shape index (κ2) is 5.77. The second-order valence-electron chi connectivity index (χ2n) is 5.70. The van der Waals surface area contributed by atoms with Gasteiger partial charge >= 0.3 is 0 Å². The summed E-state index contributed by atoms with van der Waals surface area (Å²) in [6, 6.07) is 14.7. The van der Waals surface area contributed by atoms with Crippen molar-refractivity contribution in [3.63, 3.8) is 0 Å². The third kappa shape index (κ3) is 2.67. The van der Waals surface area contributed by atoms with E-state index < -0.39 is 11.0 Å². The van der Waals surface area contributed by atoms with Gasteiger partial charge in [-0.05, 0) is 30.5 Å². The molecule has 0 saturated carbocycles. The summed E-state index contributed by atoms with van der Waals surface area (Å²) in [5, 5.41) is 21.3. The predicted molar refractivity (Wildman–Crippen MR) is 85.0 cm³/mol. The van der Waals surface area contributed by atoms with E-state index in [1.165, 1.54) is 17.7 Å². The van der Waals surface area contributed by atoms with Gasteiger partial charge in [-0.15, -0.1) is 0 Å². The summed E-state index contributed by atoms with van der Waals surface area (Å²) in [4.78, 5) is 12.6. The van der Waals surface area contributed by atoms with E-state index in [0.717, 1.165) is 12.1 Å². The summed E-state index contributed by atoms with van der Waals surface area (Å²) in [6.07, 6.45) is 0.200. The molecule has 1 aliphatic rings. The lowest BCUT2D eigenvalue weighted by atomic mass is 10.1. The number of aliphatic hydroxyl groups excluding tert-OH is 1. The van der Waals surface area contributed by atoms with E-state index >= 15 is 0 Å². The Bertz CT molecular complexity index is 702. The van der Waals surface area contributed by atoms with E-state index in [9.17, 15) is 15.2 Å². The number of para-hydroxylation sites is 1. The number of hydrogen-bond acceptors (Lipinski definition) is 4. The number of nitro benzene ring substituents is 1. The van der Waals surface area contributed by atoms with Gasteiger partial charge in [-0.3, -0.25) is 10.1 Å². The Balaban J connectivity index is 1.81. The second-order valence-corrected chi connectivity index (χ2v) is 5.70. The molecule has 0 amide bonds. The van der Waals surface area contributed by atoms with Crippen LogP contribution in [0.4, 0.5) is 11.4 Å². The highest BCUT2D eigenvalue weighted by molar-refractivity contribution is 5.59. The maximum Gasteiger partial charge on any atom is 0.269 e. The van der Waals surface area contributed by atoms with Crippen molar-refractivity contribution < 1.29 is 10.0 Å². The molecule has 0 fully saturated rings. The third-order valence-electron chi connectivity index (χ3n) is 4.18. The molecule has 2 unspecified atom stereocenters. The first-order chi connectivity index (χ1) is 10.6. The van der Waals surface area contributed by atoms with Crippen LogP contribution in [0.3, 0.4) is 0 Å². The molecule has 114 valence electrons. The average Bonchev–Trinajstić information content (AvgIpc) is 2.83. The monoisotopic (exact) mass is 298 g/mol. The van der Waals surface area contributed by atoms with Crippen LogP contribution in [0.15, 0.2) is 48.5 Å². The molecule has 2 atom stereocenters. The molecular formula is C17H18N2O3. The zero-order valence-corrected chi connectivity index (χ0v) is 12.3. The van der Waals surface area contributed by atoms with Crippen molar-refractivity contribution in [1.29, 1.82) is 0 Å². The van der Waals surface area contributed by atoms with Crippen molar-refractivity contribution in [2.24, 2.45) is 0 Å². The van der Waals surface area contributed by atoms with Crippen LogP contribution in [-0.4, -0.2) is 22.6 Å². The van der Waals surface area contributed by atoms with Crippen LogP contribution in [0.25, 0.3) is 0 Å². The van der Waals surface area contributed by atoms with Gasteiger partial charge in [0.05, 0.1) is 11.0 Å². The maximum atomic E-state index is 10.8. The van der Waals surface area contributed by atoms with E-state index in [0.29, 0.717) is 18.2 Å². The fraction of sp³-hybridized carbons (Fsp3) is 0.294.